The fourth-order valence-corrected chi connectivity index (χ4v) is 2.57. The number of hydrogen-bond acceptors (Lipinski definition) is 5. The summed E-state index contributed by atoms with van der Waals surface area (Å²) in [5.41, 5.74) is 3.11. The number of benzene rings is 2. The highest BCUT2D eigenvalue weighted by molar-refractivity contribution is 5.53. The van der Waals surface area contributed by atoms with Crippen molar-refractivity contribution in [3.63, 3.8) is 0 Å². The van der Waals surface area contributed by atoms with Gasteiger partial charge in [-0.15, -0.1) is 10.2 Å². The van der Waals surface area contributed by atoms with Crippen molar-refractivity contribution in [3.8, 4) is 17.2 Å². The summed E-state index contributed by atoms with van der Waals surface area (Å²) < 4.78 is 5.86. The van der Waals surface area contributed by atoms with Crippen LogP contribution in [0.1, 0.15) is 30.0 Å². The van der Waals surface area contributed by atoms with E-state index in [0.29, 0.717) is 18.3 Å². The van der Waals surface area contributed by atoms with Gasteiger partial charge in [0.15, 0.2) is 0 Å². The third-order valence-electron chi connectivity index (χ3n) is 4.07. The topological polar surface area (TPSA) is 62.4 Å². The summed E-state index contributed by atoms with van der Waals surface area (Å²) in [7, 11) is 1.99. The molecule has 3 aromatic rings. The molecule has 5 nitrogen and oxygen atoms in total. The summed E-state index contributed by atoms with van der Waals surface area (Å²) in [6.45, 7) is 4.74. The Morgan fingerprint density at radius 1 is 1.12 bits per heavy atom. The number of aromatic nitrogens is 2. The van der Waals surface area contributed by atoms with Gasteiger partial charge in [-0.3, -0.25) is 4.90 Å². The maximum absolute atomic E-state index is 9.57. The zero-order chi connectivity index (χ0) is 17.1. The number of phenolic OH excluding ortho intramolecular Hbond substituents is 1. The Balaban J connectivity index is 1.74. The maximum Gasteiger partial charge on any atom is 0.247 e. The summed E-state index contributed by atoms with van der Waals surface area (Å²) in [5, 5.41) is 17.9. The third-order valence-corrected chi connectivity index (χ3v) is 4.07. The Bertz CT molecular complexity index is 829. The molecule has 0 aliphatic heterocycles. The number of rotatable bonds is 5. The quantitative estimate of drug-likeness (QED) is 0.770. The van der Waals surface area contributed by atoms with Gasteiger partial charge in [-0.1, -0.05) is 29.8 Å². The summed E-state index contributed by atoms with van der Waals surface area (Å²) in [6.07, 6.45) is 0. The van der Waals surface area contributed by atoms with E-state index >= 15 is 0 Å². The maximum atomic E-state index is 9.57. The highest BCUT2D eigenvalue weighted by atomic mass is 16.4. The molecule has 0 amide bonds. The Kier molecular flexibility index (Phi) is 4.62. The molecule has 1 aromatic heterocycles. The van der Waals surface area contributed by atoms with E-state index < -0.39 is 0 Å². The molecule has 0 radical (unpaired) electrons. The first-order valence-corrected chi connectivity index (χ1v) is 7.91. The molecule has 0 spiro atoms. The molecule has 24 heavy (non-hydrogen) atoms. The first kappa shape index (κ1) is 16.2. The third kappa shape index (κ3) is 3.63. The van der Waals surface area contributed by atoms with Gasteiger partial charge in [0, 0.05) is 12.1 Å². The van der Waals surface area contributed by atoms with Gasteiger partial charge in [0.1, 0.15) is 5.75 Å². The van der Waals surface area contributed by atoms with E-state index in [9.17, 15) is 5.11 Å². The highest BCUT2D eigenvalue weighted by Gasteiger charge is 2.19. The van der Waals surface area contributed by atoms with Gasteiger partial charge in [-0.2, -0.15) is 0 Å². The van der Waals surface area contributed by atoms with Crippen LogP contribution in [0.15, 0.2) is 52.9 Å². The molecule has 1 heterocycles. The van der Waals surface area contributed by atoms with Crippen LogP contribution in [0.4, 0.5) is 0 Å². The first-order valence-electron chi connectivity index (χ1n) is 7.91. The van der Waals surface area contributed by atoms with Crippen LogP contribution < -0.4 is 0 Å². The minimum absolute atomic E-state index is 0.0293. The van der Waals surface area contributed by atoms with Crippen LogP contribution in [0.25, 0.3) is 11.5 Å². The van der Waals surface area contributed by atoms with E-state index in [0.717, 1.165) is 16.7 Å². The van der Waals surface area contributed by atoms with Crippen LogP contribution in [0.2, 0.25) is 0 Å². The summed E-state index contributed by atoms with van der Waals surface area (Å²) in [6, 6.07) is 15.2. The van der Waals surface area contributed by atoms with E-state index in [1.807, 2.05) is 57.3 Å². The van der Waals surface area contributed by atoms with Gasteiger partial charge in [-0.25, -0.2) is 0 Å². The summed E-state index contributed by atoms with van der Waals surface area (Å²) in [4.78, 5) is 2.10. The molecule has 2 aromatic carbocycles. The zero-order valence-electron chi connectivity index (χ0n) is 14.1. The van der Waals surface area contributed by atoms with Gasteiger partial charge in [0.2, 0.25) is 11.8 Å². The van der Waals surface area contributed by atoms with Crippen molar-refractivity contribution >= 4 is 0 Å². The molecule has 124 valence electrons. The summed E-state index contributed by atoms with van der Waals surface area (Å²) >= 11 is 0. The fraction of sp³-hybridized carbons (Fsp3) is 0.263. The minimum Gasteiger partial charge on any atom is -0.508 e. The smallest absolute Gasteiger partial charge is 0.247 e. The van der Waals surface area contributed by atoms with Crippen molar-refractivity contribution in [3.05, 3.63) is 65.5 Å². The second kappa shape index (κ2) is 6.84. The molecule has 0 saturated heterocycles. The first-order chi connectivity index (χ1) is 11.5. The normalized spacial score (nSPS) is 12.5. The van der Waals surface area contributed by atoms with Gasteiger partial charge in [0.25, 0.3) is 0 Å². The van der Waals surface area contributed by atoms with Crippen molar-refractivity contribution in [2.24, 2.45) is 0 Å². The van der Waals surface area contributed by atoms with E-state index in [2.05, 4.69) is 15.1 Å². The highest BCUT2D eigenvalue weighted by Crippen LogP contribution is 2.25. The summed E-state index contributed by atoms with van der Waals surface area (Å²) in [5.74, 6) is 1.38. The van der Waals surface area contributed by atoms with Crippen molar-refractivity contribution < 1.29 is 9.52 Å². The molecule has 1 N–H and O–H groups in total. The van der Waals surface area contributed by atoms with Crippen molar-refractivity contribution in [1.82, 2.24) is 15.1 Å². The lowest BCUT2D eigenvalue weighted by molar-refractivity contribution is 0.218. The van der Waals surface area contributed by atoms with Crippen molar-refractivity contribution in [2.75, 3.05) is 7.05 Å². The molecule has 1 atom stereocenters. The van der Waals surface area contributed by atoms with Crippen LogP contribution in [0, 0.1) is 6.92 Å². The molecule has 3 rings (SSSR count). The SMILES string of the molecule is Cc1cccc(-c2nnc(C(C)N(C)Cc3cccc(O)c3)o2)c1. The Morgan fingerprint density at radius 2 is 1.92 bits per heavy atom. The van der Waals surface area contributed by atoms with Crippen LogP contribution >= 0.6 is 0 Å². The zero-order valence-corrected chi connectivity index (χ0v) is 14.1. The van der Waals surface area contributed by atoms with E-state index in [1.54, 1.807) is 12.1 Å². The van der Waals surface area contributed by atoms with Crippen LogP contribution in [-0.2, 0) is 6.54 Å². The van der Waals surface area contributed by atoms with Crippen molar-refractivity contribution in [1.29, 1.82) is 0 Å². The number of nitrogens with zero attached hydrogens (tertiary/aromatic N) is 3. The second-order valence-electron chi connectivity index (χ2n) is 6.08. The largest absolute Gasteiger partial charge is 0.508 e. The Labute approximate surface area is 141 Å². The average molecular weight is 323 g/mol. The van der Waals surface area contributed by atoms with Crippen molar-refractivity contribution in [2.45, 2.75) is 26.4 Å². The molecular weight excluding hydrogens is 302 g/mol. The fourth-order valence-electron chi connectivity index (χ4n) is 2.57. The average Bonchev–Trinajstić information content (AvgIpc) is 3.04. The lowest BCUT2D eigenvalue weighted by atomic mass is 10.1. The van der Waals surface area contributed by atoms with E-state index in [1.165, 1.54) is 0 Å². The molecule has 0 bridgehead atoms. The van der Waals surface area contributed by atoms with Crippen LogP contribution in [0.3, 0.4) is 0 Å². The van der Waals surface area contributed by atoms with E-state index in [-0.39, 0.29) is 11.8 Å². The predicted molar refractivity (Wildman–Crippen MR) is 92.5 cm³/mol. The molecule has 0 fully saturated rings. The predicted octanol–water partition coefficient (Wildman–Crippen LogP) is 3.94. The lowest BCUT2D eigenvalue weighted by Gasteiger charge is -2.21. The lowest BCUT2D eigenvalue weighted by Crippen LogP contribution is -2.22. The number of aryl methyl sites for hydroxylation is 1. The molecule has 0 aliphatic carbocycles. The van der Waals surface area contributed by atoms with Crippen LogP contribution in [0.5, 0.6) is 5.75 Å². The Hall–Kier alpha value is -2.66. The number of hydrogen-bond donors (Lipinski definition) is 1. The van der Waals surface area contributed by atoms with Gasteiger partial charge >= 0.3 is 0 Å². The number of phenols is 1. The van der Waals surface area contributed by atoms with Crippen LogP contribution in [-0.4, -0.2) is 27.3 Å². The number of aromatic hydroxyl groups is 1. The Morgan fingerprint density at radius 3 is 2.67 bits per heavy atom. The second-order valence-corrected chi connectivity index (χ2v) is 6.08. The molecule has 0 saturated carbocycles. The van der Waals surface area contributed by atoms with Gasteiger partial charge in [0.05, 0.1) is 6.04 Å². The van der Waals surface area contributed by atoms with Gasteiger partial charge < -0.3 is 9.52 Å². The minimum atomic E-state index is -0.0293. The monoisotopic (exact) mass is 323 g/mol. The molecule has 1 unspecified atom stereocenters. The molecule has 0 aliphatic rings. The molecule has 5 heteroatoms. The van der Waals surface area contributed by atoms with Gasteiger partial charge in [-0.05, 0) is 50.7 Å². The molecular formula is C19H21N3O2. The standard InChI is InChI=1S/C19H21N3O2/c1-13-6-4-8-16(10-13)19-21-20-18(24-19)14(2)22(3)12-15-7-5-9-17(23)11-15/h4-11,14,23H,12H2,1-3H3. The van der Waals surface area contributed by atoms with E-state index in [4.69, 9.17) is 4.42 Å².